The summed E-state index contributed by atoms with van der Waals surface area (Å²) in [4.78, 5) is 2.06. The van der Waals surface area contributed by atoms with Crippen LogP contribution in [0, 0.1) is 0 Å². The molecule has 0 atom stereocenters. The average molecular weight is 304 g/mol. The molecule has 0 spiro atoms. The average Bonchev–Trinajstić information content (AvgIpc) is 2.45. The second kappa shape index (κ2) is 5.77. The Morgan fingerprint density at radius 2 is 1.71 bits per heavy atom. The molecule has 21 heavy (non-hydrogen) atoms. The van der Waals surface area contributed by atoms with Crippen molar-refractivity contribution in [1.82, 2.24) is 0 Å². The Bertz CT molecular complexity index is 737. The summed E-state index contributed by atoms with van der Waals surface area (Å²) in [5.41, 5.74) is 9.22. The van der Waals surface area contributed by atoms with Crippen molar-refractivity contribution in [3.05, 3.63) is 48.0 Å². The van der Waals surface area contributed by atoms with Gasteiger partial charge in [-0.2, -0.15) is 0 Å². The second-order valence-electron chi connectivity index (χ2n) is 5.04. The summed E-state index contributed by atoms with van der Waals surface area (Å²) in [5.74, 6) is 0. The number of benzene rings is 2. The van der Waals surface area contributed by atoms with E-state index >= 15 is 0 Å². The van der Waals surface area contributed by atoms with E-state index in [1.54, 1.807) is 6.07 Å². The van der Waals surface area contributed by atoms with Gasteiger partial charge in [-0.1, -0.05) is 25.1 Å². The summed E-state index contributed by atoms with van der Waals surface area (Å²) in [6, 6.07) is 13.2. The van der Waals surface area contributed by atoms with Crippen molar-refractivity contribution in [3.63, 3.8) is 0 Å². The molecule has 2 N–H and O–H groups in total. The summed E-state index contributed by atoms with van der Waals surface area (Å²) >= 11 is 0. The summed E-state index contributed by atoms with van der Waals surface area (Å²) < 4.78 is 23.5. The lowest BCUT2D eigenvalue weighted by molar-refractivity contribution is 0.602. The topological polar surface area (TPSA) is 63.4 Å². The Hall–Kier alpha value is -2.01. The van der Waals surface area contributed by atoms with Crippen LogP contribution in [0.15, 0.2) is 47.4 Å². The zero-order valence-corrected chi connectivity index (χ0v) is 13.3. The van der Waals surface area contributed by atoms with Crippen LogP contribution in [0.25, 0.3) is 0 Å². The maximum absolute atomic E-state index is 11.8. The van der Waals surface area contributed by atoms with E-state index in [1.165, 1.54) is 17.9 Å². The van der Waals surface area contributed by atoms with Crippen LogP contribution in [-0.4, -0.2) is 21.7 Å². The second-order valence-corrected chi connectivity index (χ2v) is 7.02. The van der Waals surface area contributed by atoms with Crippen molar-refractivity contribution in [3.8, 4) is 0 Å². The quantitative estimate of drug-likeness (QED) is 0.882. The van der Waals surface area contributed by atoms with Crippen LogP contribution in [0.5, 0.6) is 0 Å². The van der Waals surface area contributed by atoms with Gasteiger partial charge in [0.15, 0.2) is 9.84 Å². The smallest absolute Gasteiger partial charge is 0.177 e. The highest BCUT2D eigenvalue weighted by Gasteiger charge is 2.16. The Labute approximate surface area is 126 Å². The molecule has 0 radical (unpaired) electrons. The van der Waals surface area contributed by atoms with E-state index in [1.807, 2.05) is 30.1 Å². The number of nitrogen functional groups attached to an aromatic ring is 1. The minimum Gasteiger partial charge on any atom is -0.396 e. The first kappa shape index (κ1) is 15.4. The molecule has 0 bridgehead atoms. The number of hydrogen-bond donors (Lipinski definition) is 1. The summed E-state index contributed by atoms with van der Waals surface area (Å²) in [7, 11) is -1.46. The van der Waals surface area contributed by atoms with Crippen LogP contribution in [0.3, 0.4) is 0 Å². The van der Waals surface area contributed by atoms with Gasteiger partial charge in [0, 0.05) is 19.0 Å². The zero-order chi connectivity index (χ0) is 15.6. The van der Waals surface area contributed by atoms with Gasteiger partial charge in [0.05, 0.1) is 16.3 Å². The van der Waals surface area contributed by atoms with Crippen molar-refractivity contribution in [2.24, 2.45) is 0 Å². The van der Waals surface area contributed by atoms with Gasteiger partial charge in [0.1, 0.15) is 0 Å². The molecule has 0 aliphatic carbocycles. The Balaban J connectivity index is 2.46. The highest BCUT2D eigenvalue weighted by molar-refractivity contribution is 7.90. The third kappa shape index (κ3) is 3.19. The van der Waals surface area contributed by atoms with Crippen molar-refractivity contribution in [2.75, 3.05) is 23.9 Å². The Morgan fingerprint density at radius 1 is 1.10 bits per heavy atom. The zero-order valence-electron chi connectivity index (χ0n) is 12.5. The summed E-state index contributed by atoms with van der Waals surface area (Å²) in [6.07, 6.45) is 2.15. The molecule has 0 saturated heterocycles. The molecule has 0 heterocycles. The molecule has 4 nitrogen and oxygen atoms in total. The normalized spacial score (nSPS) is 11.4. The SMILES string of the molecule is CCc1ccc(N(C)c2cccc(S(C)(=O)=O)c2N)cc1. The molecule has 2 aromatic carbocycles. The van der Waals surface area contributed by atoms with Gasteiger partial charge in [0.25, 0.3) is 0 Å². The van der Waals surface area contributed by atoms with Crippen molar-refractivity contribution in [2.45, 2.75) is 18.2 Å². The number of sulfone groups is 1. The minimum absolute atomic E-state index is 0.164. The molecule has 2 rings (SSSR count). The molecule has 0 saturated carbocycles. The minimum atomic E-state index is -3.33. The monoisotopic (exact) mass is 304 g/mol. The van der Waals surface area contributed by atoms with E-state index < -0.39 is 9.84 Å². The number of hydrogen-bond acceptors (Lipinski definition) is 4. The fourth-order valence-corrected chi connectivity index (χ4v) is 3.07. The van der Waals surface area contributed by atoms with Gasteiger partial charge in [-0.3, -0.25) is 0 Å². The highest BCUT2D eigenvalue weighted by atomic mass is 32.2. The van der Waals surface area contributed by atoms with Crippen LogP contribution < -0.4 is 10.6 Å². The Morgan fingerprint density at radius 3 is 2.24 bits per heavy atom. The number of anilines is 3. The molecule has 5 heteroatoms. The van der Waals surface area contributed by atoms with Crippen molar-refractivity contribution < 1.29 is 8.42 Å². The van der Waals surface area contributed by atoms with E-state index in [0.29, 0.717) is 5.69 Å². The van der Waals surface area contributed by atoms with Crippen LogP contribution in [0.2, 0.25) is 0 Å². The highest BCUT2D eigenvalue weighted by Crippen LogP contribution is 2.33. The molecule has 0 unspecified atom stereocenters. The lowest BCUT2D eigenvalue weighted by Crippen LogP contribution is -2.13. The number of aryl methyl sites for hydroxylation is 1. The molecule has 0 aliphatic rings. The van der Waals surface area contributed by atoms with Crippen LogP contribution in [0.4, 0.5) is 17.1 Å². The maximum Gasteiger partial charge on any atom is 0.177 e. The maximum atomic E-state index is 11.8. The van der Waals surface area contributed by atoms with Crippen LogP contribution in [-0.2, 0) is 16.3 Å². The van der Waals surface area contributed by atoms with E-state index in [-0.39, 0.29) is 10.6 Å². The molecular formula is C16H20N2O2S. The predicted molar refractivity (Wildman–Crippen MR) is 87.8 cm³/mol. The van der Waals surface area contributed by atoms with Gasteiger partial charge in [-0.25, -0.2) is 8.42 Å². The third-order valence-corrected chi connectivity index (χ3v) is 4.69. The molecule has 0 aliphatic heterocycles. The van der Waals surface area contributed by atoms with Gasteiger partial charge in [0.2, 0.25) is 0 Å². The number of para-hydroxylation sites is 1. The number of nitrogens with zero attached hydrogens (tertiary/aromatic N) is 1. The Kier molecular flexibility index (Phi) is 4.23. The first-order chi connectivity index (χ1) is 9.84. The third-order valence-electron chi connectivity index (χ3n) is 3.54. The molecule has 0 amide bonds. The summed E-state index contributed by atoms with van der Waals surface area (Å²) in [5, 5.41) is 0. The van der Waals surface area contributed by atoms with Crippen molar-refractivity contribution >= 4 is 26.9 Å². The summed E-state index contributed by atoms with van der Waals surface area (Å²) in [6.45, 7) is 2.10. The first-order valence-corrected chi connectivity index (χ1v) is 8.65. The van der Waals surface area contributed by atoms with Crippen LogP contribution >= 0.6 is 0 Å². The van der Waals surface area contributed by atoms with E-state index in [4.69, 9.17) is 5.73 Å². The molecular weight excluding hydrogens is 284 g/mol. The van der Waals surface area contributed by atoms with Gasteiger partial charge in [-0.05, 0) is 36.2 Å². The number of rotatable bonds is 4. The van der Waals surface area contributed by atoms with E-state index in [0.717, 1.165) is 12.1 Å². The lowest BCUT2D eigenvalue weighted by atomic mass is 10.1. The molecule has 0 fully saturated rings. The van der Waals surface area contributed by atoms with E-state index in [2.05, 4.69) is 19.1 Å². The lowest BCUT2D eigenvalue weighted by Gasteiger charge is -2.22. The molecule has 0 aromatic heterocycles. The van der Waals surface area contributed by atoms with Crippen LogP contribution in [0.1, 0.15) is 12.5 Å². The predicted octanol–water partition coefficient (Wildman–Crippen LogP) is 3.00. The fraction of sp³-hybridized carbons (Fsp3) is 0.250. The van der Waals surface area contributed by atoms with Crippen molar-refractivity contribution in [1.29, 1.82) is 0 Å². The van der Waals surface area contributed by atoms with Gasteiger partial charge in [-0.15, -0.1) is 0 Å². The van der Waals surface area contributed by atoms with E-state index in [9.17, 15) is 8.42 Å². The number of nitrogens with two attached hydrogens (primary N) is 1. The first-order valence-electron chi connectivity index (χ1n) is 6.75. The standard InChI is InChI=1S/C16H20N2O2S/c1-4-12-8-10-13(11-9-12)18(2)14-6-5-7-15(16(14)17)21(3,19)20/h5-11H,4,17H2,1-3H3. The fourth-order valence-electron chi connectivity index (χ4n) is 2.24. The molecule has 112 valence electrons. The molecule has 2 aromatic rings. The van der Waals surface area contributed by atoms with Gasteiger partial charge >= 0.3 is 0 Å². The largest absolute Gasteiger partial charge is 0.396 e. The van der Waals surface area contributed by atoms with Gasteiger partial charge < -0.3 is 10.6 Å².